The van der Waals surface area contributed by atoms with Crippen LogP contribution < -0.4 is 5.32 Å². The Morgan fingerprint density at radius 1 is 1.26 bits per heavy atom. The predicted octanol–water partition coefficient (Wildman–Crippen LogP) is 0.976. The number of nitrogens with zero attached hydrogens (tertiary/aromatic N) is 1. The van der Waals surface area contributed by atoms with Crippen LogP contribution in [0.4, 0.5) is 0 Å². The minimum atomic E-state index is -1.18. The van der Waals surface area contributed by atoms with Gasteiger partial charge in [0, 0.05) is 6.54 Å². The molecule has 1 aromatic rings. The Morgan fingerprint density at radius 3 is 2.42 bits per heavy atom. The third-order valence-electron chi connectivity index (χ3n) is 3.74. The Labute approximate surface area is 112 Å². The van der Waals surface area contributed by atoms with Crippen LogP contribution in [0.5, 0.6) is 5.75 Å². The van der Waals surface area contributed by atoms with E-state index in [2.05, 4.69) is 5.32 Å². The first-order chi connectivity index (χ1) is 9.06. The summed E-state index contributed by atoms with van der Waals surface area (Å²) in [6.07, 6.45) is 0.388. The lowest BCUT2D eigenvalue weighted by Gasteiger charge is -2.40. The number of nitrogens with one attached hydrogen (secondary N) is 1. The molecule has 1 unspecified atom stereocenters. The summed E-state index contributed by atoms with van der Waals surface area (Å²) in [7, 11) is 0. The van der Waals surface area contributed by atoms with Crippen molar-refractivity contribution < 1.29 is 14.7 Å². The topological polar surface area (TPSA) is 69.6 Å². The van der Waals surface area contributed by atoms with E-state index < -0.39 is 5.41 Å². The number of carbonyl (C=O) groups excluding carboxylic acids is 2. The van der Waals surface area contributed by atoms with Crippen LogP contribution in [0.25, 0.3) is 0 Å². The van der Waals surface area contributed by atoms with Crippen LogP contribution in [0.15, 0.2) is 24.3 Å². The quantitative estimate of drug-likeness (QED) is 0.798. The van der Waals surface area contributed by atoms with Crippen molar-refractivity contribution in [3.05, 3.63) is 29.8 Å². The van der Waals surface area contributed by atoms with E-state index in [4.69, 9.17) is 0 Å². The zero-order valence-electron chi connectivity index (χ0n) is 11.1. The first-order valence-corrected chi connectivity index (χ1v) is 6.43. The Balaban J connectivity index is 2.52. The fourth-order valence-corrected chi connectivity index (χ4v) is 2.53. The van der Waals surface area contributed by atoms with Crippen LogP contribution in [-0.2, 0) is 15.0 Å². The SMILES string of the molecule is CCN1CNC(=O)C(CC)(c2ccc(O)cc2)C1=O. The molecule has 0 aromatic heterocycles. The first-order valence-electron chi connectivity index (χ1n) is 6.43. The second-order valence-corrected chi connectivity index (χ2v) is 4.63. The van der Waals surface area contributed by atoms with E-state index in [0.717, 1.165) is 0 Å². The van der Waals surface area contributed by atoms with Gasteiger partial charge in [-0.05, 0) is 31.0 Å². The third-order valence-corrected chi connectivity index (χ3v) is 3.74. The van der Waals surface area contributed by atoms with Gasteiger partial charge in [0.05, 0.1) is 6.67 Å². The van der Waals surface area contributed by atoms with Crippen molar-refractivity contribution in [2.45, 2.75) is 25.7 Å². The molecule has 19 heavy (non-hydrogen) atoms. The van der Waals surface area contributed by atoms with E-state index in [0.29, 0.717) is 18.5 Å². The molecule has 0 radical (unpaired) electrons. The summed E-state index contributed by atoms with van der Waals surface area (Å²) >= 11 is 0. The highest BCUT2D eigenvalue weighted by molar-refractivity contribution is 6.12. The number of aromatic hydroxyl groups is 1. The van der Waals surface area contributed by atoms with Gasteiger partial charge in [0.2, 0.25) is 11.8 Å². The van der Waals surface area contributed by atoms with Crippen molar-refractivity contribution in [1.82, 2.24) is 10.2 Å². The minimum Gasteiger partial charge on any atom is -0.508 e. The number of carbonyl (C=O) groups is 2. The highest BCUT2D eigenvalue weighted by atomic mass is 16.3. The van der Waals surface area contributed by atoms with Crippen LogP contribution in [0.2, 0.25) is 0 Å². The molecule has 1 heterocycles. The van der Waals surface area contributed by atoms with E-state index in [1.54, 1.807) is 17.0 Å². The summed E-state index contributed by atoms with van der Waals surface area (Å²) in [5.41, 5.74) is -0.560. The molecule has 1 saturated heterocycles. The number of hydrogen-bond donors (Lipinski definition) is 2. The molecule has 1 aliphatic heterocycles. The van der Waals surface area contributed by atoms with Crippen molar-refractivity contribution in [3.8, 4) is 5.75 Å². The standard InChI is InChI=1S/C14H18N2O3/c1-3-14(10-5-7-11(17)8-6-10)12(18)15-9-16(4-2)13(14)19/h5-8,17H,3-4,9H2,1-2H3,(H,15,18). The summed E-state index contributed by atoms with van der Waals surface area (Å²) in [4.78, 5) is 26.5. The van der Waals surface area contributed by atoms with Crippen molar-refractivity contribution in [2.24, 2.45) is 0 Å². The summed E-state index contributed by atoms with van der Waals surface area (Å²) in [5.74, 6) is -0.326. The zero-order chi connectivity index (χ0) is 14.0. The lowest BCUT2D eigenvalue weighted by atomic mass is 9.75. The van der Waals surface area contributed by atoms with E-state index in [1.165, 1.54) is 12.1 Å². The van der Waals surface area contributed by atoms with Crippen molar-refractivity contribution in [1.29, 1.82) is 0 Å². The van der Waals surface area contributed by atoms with Gasteiger partial charge in [0.1, 0.15) is 5.75 Å². The summed E-state index contributed by atoms with van der Waals surface area (Å²) in [6, 6.07) is 6.27. The highest BCUT2D eigenvalue weighted by Gasteiger charge is 2.50. The molecule has 2 amide bonds. The average molecular weight is 262 g/mol. The fraction of sp³-hybridized carbons (Fsp3) is 0.429. The Bertz CT molecular complexity index is 498. The first kappa shape index (κ1) is 13.4. The molecule has 0 spiro atoms. The molecule has 1 atom stereocenters. The molecular formula is C14H18N2O3. The molecule has 1 aromatic carbocycles. The van der Waals surface area contributed by atoms with Gasteiger partial charge < -0.3 is 15.3 Å². The molecule has 0 saturated carbocycles. The van der Waals surface area contributed by atoms with Crippen LogP contribution in [0.3, 0.4) is 0 Å². The van der Waals surface area contributed by atoms with Crippen LogP contribution in [-0.4, -0.2) is 35.0 Å². The van der Waals surface area contributed by atoms with Gasteiger partial charge in [-0.15, -0.1) is 0 Å². The summed E-state index contributed by atoms with van der Waals surface area (Å²) in [5, 5.41) is 12.1. The lowest BCUT2D eigenvalue weighted by molar-refractivity contribution is -0.150. The third kappa shape index (κ3) is 1.95. The van der Waals surface area contributed by atoms with Gasteiger partial charge in [-0.25, -0.2) is 0 Å². The van der Waals surface area contributed by atoms with E-state index >= 15 is 0 Å². The summed E-state index contributed by atoms with van der Waals surface area (Å²) in [6.45, 7) is 4.52. The molecule has 2 N–H and O–H groups in total. The Kier molecular flexibility index (Phi) is 3.46. The second-order valence-electron chi connectivity index (χ2n) is 4.63. The Hall–Kier alpha value is -2.04. The number of benzene rings is 1. The molecular weight excluding hydrogens is 244 g/mol. The smallest absolute Gasteiger partial charge is 0.244 e. The normalized spacial score (nSPS) is 23.4. The molecule has 5 heteroatoms. The second kappa shape index (κ2) is 4.91. The number of amides is 2. The van der Waals surface area contributed by atoms with Gasteiger partial charge >= 0.3 is 0 Å². The fourth-order valence-electron chi connectivity index (χ4n) is 2.53. The van der Waals surface area contributed by atoms with E-state index in [-0.39, 0.29) is 24.2 Å². The van der Waals surface area contributed by atoms with Crippen molar-refractivity contribution in [2.75, 3.05) is 13.2 Å². The molecule has 5 nitrogen and oxygen atoms in total. The predicted molar refractivity (Wildman–Crippen MR) is 70.5 cm³/mol. The monoisotopic (exact) mass is 262 g/mol. The number of phenols is 1. The van der Waals surface area contributed by atoms with Crippen molar-refractivity contribution >= 4 is 11.8 Å². The summed E-state index contributed by atoms with van der Waals surface area (Å²) < 4.78 is 0. The molecule has 0 bridgehead atoms. The molecule has 102 valence electrons. The maximum Gasteiger partial charge on any atom is 0.244 e. The lowest BCUT2D eigenvalue weighted by Crippen LogP contribution is -2.63. The number of rotatable bonds is 3. The molecule has 2 rings (SSSR count). The number of phenolic OH excluding ortho intramolecular Hbond substituents is 1. The van der Waals surface area contributed by atoms with Crippen LogP contribution in [0.1, 0.15) is 25.8 Å². The van der Waals surface area contributed by atoms with Crippen molar-refractivity contribution in [3.63, 3.8) is 0 Å². The van der Waals surface area contributed by atoms with Gasteiger partial charge in [-0.1, -0.05) is 19.1 Å². The zero-order valence-corrected chi connectivity index (χ0v) is 11.1. The number of hydrogen-bond acceptors (Lipinski definition) is 3. The van der Waals surface area contributed by atoms with E-state index in [9.17, 15) is 14.7 Å². The van der Waals surface area contributed by atoms with E-state index in [1.807, 2.05) is 13.8 Å². The largest absolute Gasteiger partial charge is 0.508 e. The average Bonchev–Trinajstić information content (AvgIpc) is 2.42. The van der Waals surface area contributed by atoms with Gasteiger partial charge in [-0.2, -0.15) is 0 Å². The van der Waals surface area contributed by atoms with Gasteiger partial charge in [-0.3, -0.25) is 9.59 Å². The maximum atomic E-state index is 12.6. The molecule has 0 aliphatic carbocycles. The maximum absolute atomic E-state index is 12.6. The molecule has 1 aliphatic rings. The number of likely N-dealkylation sites (N-methyl/N-ethyl adjacent to an activating group) is 1. The minimum absolute atomic E-state index is 0.117. The Morgan fingerprint density at radius 2 is 1.89 bits per heavy atom. The van der Waals surface area contributed by atoms with Crippen LogP contribution in [0, 0.1) is 0 Å². The van der Waals surface area contributed by atoms with Gasteiger partial charge in [0.15, 0.2) is 5.41 Å². The highest BCUT2D eigenvalue weighted by Crippen LogP contribution is 2.33. The van der Waals surface area contributed by atoms with Crippen LogP contribution >= 0.6 is 0 Å². The molecule has 1 fully saturated rings. The van der Waals surface area contributed by atoms with Gasteiger partial charge in [0.25, 0.3) is 0 Å².